The van der Waals surface area contributed by atoms with Crippen LogP contribution in [-0.2, 0) is 4.74 Å². The lowest BCUT2D eigenvalue weighted by Gasteiger charge is -2.07. The summed E-state index contributed by atoms with van der Waals surface area (Å²) in [6.07, 6.45) is 0.814. The Hall–Kier alpha value is -2.33. The van der Waals surface area contributed by atoms with Gasteiger partial charge in [-0.05, 0) is 49.7 Å². The molecule has 1 N–H and O–H groups in total. The topological polar surface area (TPSA) is 47.6 Å². The average Bonchev–Trinajstić information content (AvgIpc) is 2.56. The molecular formula is C18H21NO3. The molecule has 0 bridgehead atoms. The summed E-state index contributed by atoms with van der Waals surface area (Å²) in [4.78, 5) is 12.0. The summed E-state index contributed by atoms with van der Waals surface area (Å²) in [6, 6.07) is 16.7. The summed E-state index contributed by atoms with van der Waals surface area (Å²) in [6.45, 7) is 3.94. The lowest BCUT2D eigenvalue weighted by Crippen LogP contribution is -2.25. The van der Waals surface area contributed by atoms with E-state index in [0.29, 0.717) is 31.1 Å². The summed E-state index contributed by atoms with van der Waals surface area (Å²) < 4.78 is 10.9. The second kappa shape index (κ2) is 8.85. The zero-order valence-corrected chi connectivity index (χ0v) is 12.7. The molecule has 4 nitrogen and oxygen atoms in total. The lowest BCUT2D eigenvalue weighted by molar-refractivity contribution is 0.0944. The van der Waals surface area contributed by atoms with Gasteiger partial charge in [0.05, 0.1) is 0 Å². The van der Waals surface area contributed by atoms with Gasteiger partial charge in [0.2, 0.25) is 0 Å². The third-order valence-corrected chi connectivity index (χ3v) is 3.05. The largest absolute Gasteiger partial charge is 0.457 e. The second-order valence-electron chi connectivity index (χ2n) is 4.75. The van der Waals surface area contributed by atoms with Gasteiger partial charge in [0.15, 0.2) is 0 Å². The molecule has 0 saturated heterocycles. The van der Waals surface area contributed by atoms with E-state index in [-0.39, 0.29) is 5.91 Å². The third kappa shape index (κ3) is 5.22. The molecule has 0 unspecified atom stereocenters. The predicted octanol–water partition coefficient (Wildman–Crippen LogP) is 3.64. The fraction of sp³-hybridized carbons (Fsp3) is 0.278. The molecule has 0 aromatic heterocycles. The first-order chi connectivity index (χ1) is 10.8. The molecule has 0 heterocycles. The quantitative estimate of drug-likeness (QED) is 0.757. The van der Waals surface area contributed by atoms with Crippen molar-refractivity contribution in [3.05, 3.63) is 60.2 Å². The van der Waals surface area contributed by atoms with Crippen molar-refractivity contribution in [3.63, 3.8) is 0 Å². The van der Waals surface area contributed by atoms with Crippen LogP contribution in [0.3, 0.4) is 0 Å². The summed E-state index contributed by atoms with van der Waals surface area (Å²) in [7, 11) is 0. The van der Waals surface area contributed by atoms with Crippen LogP contribution in [0, 0.1) is 0 Å². The lowest BCUT2D eigenvalue weighted by atomic mass is 10.2. The summed E-state index contributed by atoms with van der Waals surface area (Å²) >= 11 is 0. The van der Waals surface area contributed by atoms with E-state index in [2.05, 4.69) is 5.32 Å². The molecule has 2 rings (SSSR count). The van der Waals surface area contributed by atoms with Crippen molar-refractivity contribution in [1.82, 2.24) is 5.32 Å². The highest BCUT2D eigenvalue weighted by molar-refractivity contribution is 5.94. The number of amides is 1. The Bertz CT molecular complexity index is 567. The predicted molar refractivity (Wildman–Crippen MR) is 86.4 cm³/mol. The van der Waals surface area contributed by atoms with Crippen LogP contribution in [0.15, 0.2) is 54.6 Å². The Balaban J connectivity index is 1.82. The number of hydrogen-bond donors (Lipinski definition) is 1. The molecule has 2 aromatic rings. The van der Waals surface area contributed by atoms with Crippen molar-refractivity contribution < 1.29 is 14.3 Å². The Morgan fingerprint density at radius 3 is 2.36 bits per heavy atom. The minimum Gasteiger partial charge on any atom is -0.457 e. The van der Waals surface area contributed by atoms with Gasteiger partial charge in [-0.2, -0.15) is 0 Å². The maximum atomic E-state index is 12.0. The van der Waals surface area contributed by atoms with E-state index in [1.165, 1.54) is 0 Å². The molecule has 116 valence electrons. The maximum Gasteiger partial charge on any atom is 0.251 e. The average molecular weight is 299 g/mol. The van der Waals surface area contributed by atoms with Crippen molar-refractivity contribution in [2.24, 2.45) is 0 Å². The number of para-hydroxylation sites is 1. The first-order valence-corrected chi connectivity index (χ1v) is 7.48. The van der Waals surface area contributed by atoms with Gasteiger partial charge in [-0.1, -0.05) is 18.2 Å². The van der Waals surface area contributed by atoms with E-state index in [4.69, 9.17) is 9.47 Å². The van der Waals surface area contributed by atoms with E-state index in [0.717, 1.165) is 12.2 Å². The molecule has 0 spiro atoms. The van der Waals surface area contributed by atoms with Gasteiger partial charge < -0.3 is 14.8 Å². The van der Waals surface area contributed by atoms with Crippen molar-refractivity contribution in [1.29, 1.82) is 0 Å². The van der Waals surface area contributed by atoms with Crippen molar-refractivity contribution in [2.75, 3.05) is 19.8 Å². The third-order valence-electron chi connectivity index (χ3n) is 3.05. The number of ether oxygens (including phenoxy) is 2. The number of benzene rings is 2. The van der Waals surface area contributed by atoms with Crippen LogP contribution in [0.2, 0.25) is 0 Å². The van der Waals surface area contributed by atoms with Crippen molar-refractivity contribution in [3.8, 4) is 11.5 Å². The molecule has 0 atom stereocenters. The Labute approximate surface area is 131 Å². The highest BCUT2D eigenvalue weighted by atomic mass is 16.5. The van der Waals surface area contributed by atoms with E-state index in [1.54, 1.807) is 24.3 Å². The molecule has 1 amide bonds. The number of carbonyl (C=O) groups is 1. The van der Waals surface area contributed by atoms with Gasteiger partial charge in [0, 0.05) is 25.3 Å². The molecule has 0 aliphatic rings. The van der Waals surface area contributed by atoms with Crippen LogP contribution in [0.4, 0.5) is 0 Å². The van der Waals surface area contributed by atoms with E-state index in [1.807, 2.05) is 37.3 Å². The smallest absolute Gasteiger partial charge is 0.251 e. The highest BCUT2D eigenvalue weighted by Gasteiger charge is 2.05. The van der Waals surface area contributed by atoms with Crippen molar-refractivity contribution >= 4 is 5.91 Å². The summed E-state index contributed by atoms with van der Waals surface area (Å²) in [5.74, 6) is 1.40. The van der Waals surface area contributed by atoms with Gasteiger partial charge in [-0.3, -0.25) is 4.79 Å². The number of rotatable bonds is 8. The van der Waals surface area contributed by atoms with Crippen LogP contribution in [0.1, 0.15) is 23.7 Å². The standard InChI is InChI=1S/C18H21NO3/c1-2-21-14-6-13-19-18(20)15-9-11-17(12-10-15)22-16-7-4-3-5-8-16/h3-5,7-12H,2,6,13-14H2,1H3,(H,19,20). The molecule has 0 fully saturated rings. The maximum absolute atomic E-state index is 12.0. The summed E-state index contributed by atoms with van der Waals surface area (Å²) in [5.41, 5.74) is 0.622. The molecule has 0 aliphatic heterocycles. The Kier molecular flexibility index (Phi) is 6.45. The van der Waals surface area contributed by atoms with Crippen LogP contribution < -0.4 is 10.1 Å². The minimum atomic E-state index is -0.0808. The van der Waals surface area contributed by atoms with Gasteiger partial charge in [0.1, 0.15) is 11.5 Å². The second-order valence-corrected chi connectivity index (χ2v) is 4.75. The zero-order chi connectivity index (χ0) is 15.6. The molecule has 0 saturated carbocycles. The van der Waals surface area contributed by atoms with Crippen LogP contribution in [-0.4, -0.2) is 25.7 Å². The van der Waals surface area contributed by atoms with Crippen LogP contribution in [0.25, 0.3) is 0 Å². The fourth-order valence-corrected chi connectivity index (χ4v) is 1.92. The monoisotopic (exact) mass is 299 g/mol. The molecule has 4 heteroatoms. The molecule has 2 aromatic carbocycles. The number of nitrogens with one attached hydrogen (secondary N) is 1. The molecule has 0 aliphatic carbocycles. The van der Waals surface area contributed by atoms with Gasteiger partial charge in [-0.15, -0.1) is 0 Å². The first kappa shape index (κ1) is 16.0. The number of hydrogen-bond acceptors (Lipinski definition) is 3. The first-order valence-electron chi connectivity index (χ1n) is 7.48. The molecular weight excluding hydrogens is 278 g/mol. The van der Waals surface area contributed by atoms with Crippen molar-refractivity contribution in [2.45, 2.75) is 13.3 Å². The minimum absolute atomic E-state index is 0.0808. The van der Waals surface area contributed by atoms with Crippen LogP contribution >= 0.6 is 0 Å². The van der Waals surface area contributed by atoms with Gasteiger partial charge in [0.25, 0.3) is 5.91 Å². The van der Waals surface area contributed by atoms with Gasteiger partial charge in [-0.25, -0.2) is 0 Å². The Morgan fingerprint density at radius 1 is 1.00 bits per heavy atom. The van der Waals surface area contributed by atoms with E-state index in [9.17, 15) is 4.79 Å². The van der Waals surface area contributed by atoms with E-state index >= 15 is 0 Å². The van der Waals surface area contributed by atoms with E-state index < -0.39 is 0 Å². The highest BCUT2D eigenvalue weighted by Crippen LogP contribution is 2.20. The number of carbonyl (C=O) groups excluding carboxylic acids is 1. The normalized spacial score (nSPS) is 10.2. The SMILES string of the molecule is CCOCCCNC(=O)c1ccc(Oc2ccccc2)cc1. The molecule has 22 heavy (non-hydrogen) atoms. The summed E-state index contributed by atoms with van der Waals surface area (Å²) in [5, 5.41) is 2.87. The fourth-order valence-electron chi connectivity index (χ4n) is 1.92. The zero-order valence-electron chi connectivity index (χ0n) is 12.7. The van der Waals surface area contributed by atoms with Crippen LogP contribution in [0.5, 0.6) is 11.5 Å². The molecule has 0 radical (unpaired) electrons. The Morgan fingerprint density at radius 2 is 1.68 bits per heavy atom. The van der Waals surface area contributed by atoms with Gasteiger partial charge >= 0.3 is 0 Å².